The molecule has 0 spiro atoms. The van der Waals surface area contributed by atoms with Gasteiger partial charge in [-0.25, -0.2) is 4.39 Å². The lowest BCUT2D eigenvalue weighted by atomic mass is 10.2. The zero-order valence-corrected chi connectivity index (χ0v) is 9.33. The summed E-state index contributed by atoms with van der Waals surface area (Å²) in [7, 11) is 0. The number of benzene rings is 1. The Balaban J connectivity index is 2.49. The number of nitrogens with one attached hydrogen (secondary N) is 1. The number of hydrogen-bond acceptors (Lipinski definition) is 1. The fourth-order valence-electron chi connectivity index (χ4n) is 1.31. The summed E-state index contributed by atoms with van der Waals surface area (Å²) in [5, 5.41) is 3.34. The first-order valence-electron chi connectivity index (χ1n) is 5.39. The molecule has 0 aliphatic carbocycles. The van der Waals surface area contributed by atoms with Crippen LogP contribution in [0, 0.1) is 5.82 Å². The average molecular weight is 207 g/mol. The van der Waals surface area contributed by atoms with Gasteiger partial charge in [0.25, 0.3) is 0 Å². The van der Waals surface area contributed by atoms with Crippen LogP contribution in [0.4, 0.5) is 4.39 Å². The first kappa shape index (κ1) is 11.9. The van der Waals surface area contributed by atoms with E-state index in [-0.39, 0.29) is 5.82 Å². The predicted molar refractivity (Wildman–Crippen MR) is 63.2 cm³/mol. The molecule has 1 aromatic rings. The molecule has 0 aliphatic rings. The first-order valence-corrected chi connectivity index (χ1v) is 5.39. The Morgan fingerprint density at radius 3 is 2.93 bits per heavy atom. The standard InChI is InChI=1S/C13H18FN/c1-3-9-15-11(2)7-8-12-5-4-6-13(14)10-12/h4-8,10-11,15H,3,9H2,1-2H3/b8-7+. The molecule has 0 saturated carbocycles. The van der Waals surface area contributed by atoms with Crippen LogP contribution in [-0.4, -0.2) is 12.6 Å². The summed E-state index contributed by atoms with van der Waals surface area (Å²) < 4.78 is 12.8. The van der Waals surface area contributed by atoms with Crippen LogP contribution in [0.5, 0.6) is 0 Å². The highest BCUT2D eigenvalue weighted by molar-refractivity contribution is 5.49. The predicted octanol–water partition coefficient (Wildman–Crippen LogP) is 3.23. The lowest BCUT2D eigenvalue weighted by Crippen LogP contribution is -2.24. The Morgan fingerprint density at radius 2 is 2.27 bits per heavy atom. The molecule has 0 fully saturated rings. The fraction of sp³-hybridized carbons (Fsp3) is 0.385. The van der Waals surface area contributed by atoms with Crippen LogP contribution in [0.25, 0.3) is 6.08 Å². The number of hydrogen-bond donors (Lipinski definition) is 1. The third kappa shape index (κ3) is 4.75. The van der Waals surface area contributed by atoms with Crippen molar-refractivity contribution in [3.05, 3.63) is 41.7 Å². The van der Waals surface area contributed by atoms with Crippen molar-refractivity contribution >= 4 is 6.08 Å². The van der Waals surface area contributed by atoms with Gasteiger partial charge >= 0.3 is 0 Å². The van der Waals surface area contributed by atoms with Crippen molar-refractivity contribution in [3.8, 4) is 0 Å². The van der Waals surface area contributed by atoms with Gasteiger partial charge in [-0.2, -0.15) is 0 Å². The van der Waals surface area contributed by atoms with E-state index < -0.39 is 0 Å². The molecule has 0 aromatic heterocycles. The molecule has 0 bridgehead atoms. The molecule has 0 saturated heterocycles. The molecule has 1 unspecified atom stereocenters. The highest BCUT2D eigenvalue weighted by atomic mass is 19.1. The molecular weight excluding hydrogens is 189 g/mol. The molecule has 1 atom stereocenters. The Labute approximate surface area is 91.0 Å². The largest absolute Gasteiger partial charge is 0.311 e. The van der Waals surface area contributed by atoms with Crippen LogP contribution in [0.15, 0.2) is 30.3 Å². The van der Waals surface area contributed by atoms with Gasteiger partial charge in [0, 0.05) is 6.04 Å². The number of rotatable bonds is 5. The van der Waals surface area contributed by atoms with E-state index in [1.165, 1.54) is 12.1 Å². The van der Waals surface area contributed by atoms with Gasteiger partial charge < -0.3 is 5.32 Å². The van der Waals surface area contributed by atoms with E-state index >= 15 is 0 Å². The van der Waals surface area contributed by atoms with Crippen molar-refractivity contribution in [2.75, 3.05) is 6.54 Å². The van der Waals surface area contributed by atoms with Crippen molar-refractivity contribution in [2.24, 2.45) is 0 Å². The normalized spacial score (nSPS) is 13.3. The van der Waals surface area contributed by atoms with Gasteiger partial charge in [0.1, 0.15) is 5.82 Å². The molecular formula is C13H18FN. The Morgan fingerprint density at radius 1 is 1.47 bits per heavy atom. The third-order valence-electron chi connectivity index (χ3n) is 2.14. The summed E-state index contributed by atoms with van der Waals surface area (Å²) in [5.74, 6) is -0.189. The third-order valence-corrected chi connectivity index (χ3v) is 2.14. The first-order chi connectivity index (χ1) is 7.22. The Bertz CT molecular complexity index is 320. The highest BCUT2D eigenvalue weighted by Crippen LogP contribution is 2.05. The molecule has 15 heavy (non-hydrogen) atoms. The van der Waals surface area contributed by atoms with Crippen LogP contribution in [-0.2, 0) is 0 Å². The molecule has 0 radical (unpaired) electrons. The van der Waals surface area contributed by atoms with Gasteiger partial charge in [0.05, 0.1) is 0 Å². The topological polar surface area (TPSA) is 12.0 Å². The summed E-state index contributed by atoms with van der Waals surface area (Å²) in [6.07, 6.45) is 5.11. The van der Waals surface area contributed by atoms with E-state index in [1.807, 2.05) is 18.2 Å². The summed E-state index contributed by atoms with van der Waals surface area (Å²) in [5.41, 5.74) is 0.903. The van der Waals surface area contributed by atoms with E-state index in [4.69, 9.17) is 0 Å². The minimum absolute atomic E-state index is 0.189. The van der Waals surface area contributed by atoms with Crippen LogP contribution >= 0.6 is 0 Å². The minimum atomic E-state index is -0.189. The maximum absolute atomic E-state index is 12.8. The van der Waals surface area contributed by atoms with E-state index in [0.29, 0.717) is 6.04 Å². The quantitative estimate of drug-likeness (QED) is 0.781. The van der Waals surface area contributed by atoms with Crippen LogP contribution < -0.4 is 5.32 Å². The zero-order chi connectivity index (χ0) is 11.1. The molecule has 1 aromatic carbocycles. The second-order valence-corrected chi connectivity index (χ2v) is 3.66. The summed E-state index contributed by atoms with van der Waals surface area (Å²) in [6, 6.07) is 6.93. The maximum Gasteiger partial charge on any atom is 0.123 e. The second kappa shape index (κ2) is 6.36. The highest BCUT2D eigenvalue weighted by Gasteiger charge is 1.94. The SMILES string of the molecule is CCCNC(C)/C=C/c1cccc(F)c1. The molecule has 1 N–H and O–H groups in total. The van der Waals surface area contributed by atoms with E-state index in [0.717, 1.165) is 18.5 Å². The Hall–Kier alpha value is -1.15. The van der Waals surface area contributed by atoms with E-state index in [9.17, 15) is 4.39 Å². The molecule has 0 amide bonds. The van der Waals surface area contributed by atoms with Gasteiger partial charge in [0.2, 0.25) is 0 Å². The van der Waals surface area contributed by atoms with E-state index in [2.05, 4.69) is 19.2 Å². The zero-order valence-electron chi connectivity index (χ0n) is 9.33. The van der Waals surface area contributed by atoms with Crippen LogP contribution in [0.2, 0.25) is 0 Å². The van der Waals surface area contributed by atoms with Gasteiger partial charge in [0.15, 0.2) is 0 Å². The Kier molecular flexibility index (Phi) is 5.05. The summed E-state index contributed by atoms with van der Waals surface area (Å²) in [6.45, 7) is 5.23. The minimum Gasteiger partial charge on any atom is -0.311 e. The maximum atomic E-state index is 12.8. The molecule has 1 nitrogen and oxygen atoms in total. The summed E-state index contributed by atoms with van der Waals surface area (Å²) >= 11 is 0. The van der Waals surface area contributed by atoms with Gasteiger partial charge in [-0.3, -0.25) is 0 Å². The van der Waals surface area contributed by atoms with Crippen LogP contribution in [0.1, 0.15) is 25.8 Å². The number of halogens is 1. The van der Waals surface area contributed by atoms with Crippen molar-refractivity contribution in [1.29, 1.82) is 0 Å². The van der Waals surface area contributed by atoms with E-state index in [1.54, 1.807) is 6.07 Å². The molecule has 0 heterocycles. The molecule has 82 valence electrons. The lowest BCUT2D eigenvalue weighted by molar-refractivity contribution is 0.624. The van der Waals surface area contributed by atoms with Crippen LogP contribution in [0.3, 0.4) is 0 Å². The van der Waals surface area contributed by atoms with Crippen molar-refractivity contribution in [2.45, 2.75) is 26.3 Å². The molecule has 1 rings (SSSR count). The molecule has 2 heteroatoms. The van der Waals surface area contributed by atoms with Crippen molar-refractivity contribution < 1.29 is 4.39 Å². The van der Waals surface area contributed by atoms with Crippen molar-refractivity contribution in [3.63, 3.8) is 0 Å². The van der Waals surface area contributed by atoms with Gasteiger partial charge in [-0.15, -0.1) is 0 Å². The van der Waals surface area contributed by atoms with Gasteiger partial charge in [-0.05, 0) is 37.6 Å². The lowest BCUT2D eigenvalue weighted by Gasteiger charge is -2.07. The van der Waals surface area contributed by atoms with Crippen molar-refractivity contribution in [1.82, 2.24) is 5.32 Å². The molecule has 0 aliphatic heterocycles. The smallest absolute Gasteiger partial charge is 0.123 e. The second-order valence-electron chi connectivity index (χ2n) is 3.66. The summed E-state index contributed by atoms with van der Waals surface area (Å²) in [4.78, 5) is 0. The monoisotopic (exact) mass is 207 g/mol. The van der Waals surface area contributed by atoms with Gasteiger partial charge in [-0.1, -0.05) is 31.2 Å². The fourth-order valence-corrected chi connectivity index (χ4v) is 1.31. The average Bonchev–Trinajstić information content (AvgIpc) is 2.23.